The zero-order valence-electron chi connectivity index (χ0n) is 12.1. The molecule has 0 radical (unpaired) electrons. The third-order valence-electron chi connectivity index (χ3n) is 4.10. The number of nitrogens with zero attached hydrogens (tertiary/aromatic N) is 2. The van der Waals surface area contributed by atoms with E-state index in [9.17, 15) is 5.26 Å². The van der Waals surface area contributed by atoms with E-state index in [1.807, 2.05) is 36.3 Å². The molecule has 0 saturated heterocycles. The Morgan fingerprint density at radius 3 is 3.00 bits per heavy atom. The molecule has 3 nitrogen and oxygen atoms in total. The van der Waals surface area contributed by atoms with Crippen molar-refractivity contribution in [1.82, 2.24) is 10.3 Å². The normalized spacial score (nSPS) is 25.5. The second-order valence-electron chi connectivity index (χ2n) is 5.42. The fraction of sp³-hybridized carbons (Fsp3) is 0.625. The minimum Gasteiger partial charge on any atom is -0.299 e. The highest BCUT2D eigenvalue weighted by Gasteiger charge is 2.42. The van der Waals surface area contributed by atoms with Gasteiger partial charge in [-0.05, 0) is 56.0 Å². The highest BCUT2D eigenvalue weighted by atomic mass is 32.2. The summed E-state index contributed by atoms with van der Waals surface area (Å²) < 4.78 is 0. The maximum atomic E-state index is 9.60. The molecule has 2 unspecified atom stereocenters. The van der Waals surface area contributed by atoms with Crippen LogP contribution in [-0.4, -0.2) is 22.8 Å². The average Bonchev–Trinajstić information content (AvgIpc) is 2.90. The zero-order valence-corrected chi connectivity index (χ0v) is 13.0. The van der Waals surface area contributed by atoms with Crippen LogP contribution < -0.4 is 5.32 Å². The second kappa shape index (κ2) is 7.66. The summed E-state index contributed by atoms with van der Waals surface area (Å²) in [6, 6.07) is 6.68. The summed E-state index contributed by atoms with van der Waals surface area (Å²) in [5.74, 6) is 1.57. The smallest absolute Gasteiger partial charge is 0.109 e. The predicted octanol–water partition coefficient (Wildman–Crippen LogP) is 3.63. The highest BCUT2D eigenvalue weighted by molar-refractivity contribution is 7.99. The number of nitriles is 1. The molecule has 1 saturated carbocycles. The van der Waals surface area contributed by atoms with Crippen molar-refractivity contribution in [3.63, 3.8) is 0 Å². The molecule has 1 aromatic heterocycles. The first-order valence-corrected chi connectivity index (χ1v) is 8.48. The summed E-state index contributed by atoms with van der Waals surface area (Å²) in [6.07, 6.45) is 9.23. The molecule has 0 aliphatic heterocycles. The quantitative estimate of drug-likeness (QED) is 0.779. The van der Waals surface area contributed by atoms with Gasteiger partial charge in [-0.2, -0.15) is 5.26 Å². The van der Waals surface area contributed by atoms with Crippen LogP contribution in [-0.2, 0) is 0 Å². The summed E-state index contributed by atoms with van der Waals surface area (Å²) in [6.45, 7) is 3.10. The number of hydrogen-bond donors (Lipinski definition) is 1. The van der Waals surface area contributed by atoms with E-state index in [0.29, 0.717) is 5.92 Å². The Morgan fingerprint density at radius 2 is 2.30 bits per heavy atom. The van der Waals surface area contributed by atoms with E-state index in [4.69, 9.17) is 0 Å². The van der Waals surface area contributed by atoms with Gasteiger partial charge in [0.1, 0.15) is 5.54 Å². The largest absolute Gasteiger partial charge is 0.299 e. The minimum absolute atomic E-state index is 0.269. The molecule has 108 valence electrons. The van der Waals surface area contributed by atoms with E-state index in [-0.39, 0.29) is 5.54 Å². The van der Waals surface area contributed by atoms with Crippen molar-refractivity contribution in [1.29, 1.82) is 5.26 Å². The number of hydrogen-bond acceptors (Lipinski definition) is 4. The van der Waals surface area contributed by atoms with Crippen LogP contribution >= 0.6 is 11.8 Å². The molecular weight excluding hydrogens is 266 g/mol. The van der Waals surface area contributed by atoms with Crippen LogP contribution in [0, 0.1) is 17.2 Å². The van der Waals surface area contributed by atoms with Gasteiger partial charge in [0.2, 0.25) is 0 Å². The Labute approximate surface area is 126 Å². The molecule has 1 N–H and O–H groups in total. The predicted molar refractivity (Wildman–Crippen MR) is 83.6 cm³/mol. The molecule has 0 spiro atoms. The number of rotatable bonds is 7. The zero-order chi connectivity index (χ0) is 14.3. The second-order valence-corrected chi connectivity index (χ2v) is 6.59. The van der Waals surface area contributed by atoms with Crippen molar-refractivity contribution in [3.05, 3.63) is 24.5 Å². The molecule has 20 heavy (non-hydrogen) atoms. The molecule has 4 heteroatoms. The molecule has 0 aromatic carbocycles. The Kier molecular flexibility index (Phi) is 5.87. The van der Waals surface area contributed by atoms with Crippen molar-refractivity contribution >= 4 is 11.8 Å². The Morgan fingerprint density at radius 1 is 1.50 bits per heavy atom. The van der Waals surface area contributed by atoms with Gasteiger partial charge in [0, 0.05) is 17.3 Å². The van der Waals surface area contributed by atoms with Crippen molar-refractivity contribution < 1.29 is 0 Å². The van der Waals surface area contributed by atoms with Crippen LogP contribution in [0.3, 0.4) is 0 Å². The molecular formula is C16H23N3S. The van der Waals surface area contributed by atoms with E-state index in [0.717, 1.165) is 31.6 Å². The van der Waals surface area contributed by atoms with Crippen molar-refractivity contribution in [3.8, 4) is 6.07 Å². The minimum atomic E-state index is -0.269. The lowest BCUT2D eigenvalue weighted by Crippen LogP contribution is -2.47. The van der Waals surface area contributed by atoms with Crippen LogP contribution in [0.5, 0.6) is 0 Å². The van der Waals surface area contributed by atoms with Crippen LogP contribution in [0.1, 0.15) is 39.0 Å². The van der Waals surface area contributed by atoms with Crippen molar-refractivity contribution in [2.24, 2.45) is 5.92 Å². The Bertz CT molecular complexity index is 443. The molecule has 2 atom stereocenters. The highest BCUT2D eigenvalue weighted by Crippen LogP contribution is 2.38. The molecule has 1 aliphatic rings. The third kappa shape index (κ3) is 3.74. The van der Waals surface area contributed by atoms with Gasteiger partial charge in [-0.3, -0.25) is 10.3 Å². The van der Waals surface area contributed by atoms with E-state index in [1.165, 1.54) is 17.7 Å². The molecule has 2 rings (SSSR count). The van der Waals surface area contributed by atoms with Gasteiger partial charge < -0.3 is 0 Å². The number of aromatic nitrogens is 1. The lowest BCUT2D eigenvalue weighted by Gasteiger charge is -2.30. The maximum Gasteiger partial charge on any atom is 0.109 e. The third-order valence-corrected chi connectivity index (χ3v) is 5.14. The summed E-state index contributed by atoms with van der Waals surface area (Å²) >= 11 is 1.87. The van der Waals surface area contributed by atoms with Crippen molar-refractivity contribution in [2.45, 2.75) is 49.5 Å². The molecule has 1 aliphatic carbocycles. The van der Waals surface area contributed by atoms with E-state index in [1.54, 1.807) is 0 Å². The van der Waals surface area contributed by atoms with E-state index < -0.39 is 0 Å². The van der Waals surface area contributed by atoms with Crippen LogP contribution in [0.2, 0.25) is 0 Å². The molecule has 1 aromatic rings. The van der Waals surface area contributed by atoms with Crippen molar-refractivity contribution in [2.75, 3.05) is 12.3 Å². The summed E-state index contributed by atoms with van der Waals surface area (Å²) in [4.78, 5) is 5.30. The maximum absolute atomic E-state index is 9.60. The van der Waals surface area contributed by atoms with Gasteiger partial charge >= 0.3 is 0 Å². The Balaban J connectivity index is 1.86. The summed E-state index contributed by atoms with van der Waals surface area (Å²) in [5.41, 5.74) is -0.269. The lowest BCUT2D eigenvalue weighted by atomic mass is 9.86. The van der Waals surface area contributed by atoms with Gasteiger partial charge in [-0.25, -0.2) is 0 Å². The first-order valence-electron chi connectivity index (χ1n) is 7.50. The standard InChI is InChI=1S/C16H23N3S/c1-2-9-19-16(13-17)8-3-4-14(16)7-12-20-15-5-10-18-11-6-15/h5-6,10-11,14,19H,2-4,7-9,12H2,1H3. The van der Waals surface area contributed by atoms with Crippen LogP contribution in [0.25, 0.3) is 0 Å². The van der Waals surface area contributed by atoms with E-state index in [2.05, 4.69) is 23.3 Å². The number of nitrogens with one attached hydrogen (secondary N) is 1. The van der Waals surface area contributed by atoms with E-state index >= 15 is 0 Å². The van der Waals surface area contributed by atoms with Gasteiger partial charge in [0.15, 0.2) is 0 Å². The molecule has 0 amide bonds. The summed E-state index contributed by atoms with van der Waals surface area (Å²) in [5, 5.41) is 13.1. The molecule has 1 heterocycles. The van der Waals surface area contributed by atoms with Gasteiger partial charge in [-0.1, -0.05) is 13.3 Å². The van der Waals surface area contributed by atoms with Crippen LogP contribution in [0.4, 0.5) is 0 Å². The molecule has 1 fully saturated rings. The molecule has 0 bridgehead atoms. The SMILES string of the molecule is CCCNC1(C#N)CCCC1CCSc1ccncc1. The van der Waals surface area contributed by atoms with Gasteiger partial charge in [0.05, 0.1) is 6.07 Å². The Hall–Kier alpha value is -1.05. The average molecular weight is 289 g/mol. The number of pyridine rings is 1. The number of thioether (sulfide) groups is 1. The summed E-state index contributed by atoms with van der Waals surface area (Å²) in [7, 11) is 0. The van der Waals surface area contributed by atoms with Gasteiger partial charge in [0.25, 0.3) is 0 Å². The fourth-order valence-electron chi connectivity index (χ4n) is 2.99. The fourth-order valence-corrected chi connectivity index (χ4v) is 3.94. The first kappa shape index (κ1) is 15.3. The topological polar surface area (TPSA) is 48.7 Å². The lowest BCUT2D eigenvalue weighted by molar-refractivity contribution is 0.311. The monoisotopic (exact) mass is 289 g/mol. The first-order chi connectivity index (χ1) is 9.80. The van der Waals surface area contributed by atoms with Crippen LogP contribution in [0.15, 0.2) is 29.4 Å². The van der Waals surface area contributed by atoms with Gasteiger partial charge in [-0.15, -0.1) is 11.8 Å².